The van der Waals surface area contributed by atoms with Gasteiger partial charge in [0.15, 0.2) is 0 Å². The van der Waals surface area contributed by atoms with Gasteiger partial charge in [-0.15, -0.1) is 0 Å². The number of hydrogen-bond acceptors (Lipinski definition) is 1. The van der Waals surface area contributed by atoms with E-state index in [0.717, 1.165) is 24.8 Å². The third-order valence-electron chi connectivity index (χ3n) is 4.36. The van der Waals surface area contributed by atoms with Gasteiger partial charge in [0, 0.05) is 11.1 Å². The molecule has 0 radical (unpaired) electrons. The van der Waals surface area contributed by atoms with Gasteiger partial charge in [0.2, 0.25) is 0 Å². The zero-order valence-corrected chi connectivity index (χ0v) is 13.7. The normalized spacial score (nSPS) is 11.0. The number of fused-ring (bicyclic) bond motifs is 1. The van der Waals surface area contributed by atoms with Crippen LogP contribution in [-0.4, -0.2) is 4.98 Å². The van der Waals surface area contributed by atoms with Crippen LogP contribution in [0, 0.1) is 6.92 Å². The Labute approximate surface area is 133 Å². The van der Waals surface area contributed by atoms with E-state index in [-0.39, 0.29) is 0 Å². The van der Waals surface area contributed by atoms with Crippen molar-refractivity contribution in [1.29, 1.82) is 0 Å². The Hall–Kier alpha value is -2.15. The first-order valence-electron chi connectivity index (χ1n) is 8.17. The van der Waals surface area contributed by atoms with Gasteiger partial charge in [-0.25, -0.2) is 0 Å². The molecule has 1 heterocycles. The number of rotatable bonds is 4. The highest BCUT2D eigenvalue weighted by Gasteiger charge is 2.13. The quantitative estimate of drug-likeness (QED) is 0.638. The molecule has 0 bridgehead atoms. The lowest BCUT2D eigenvalue weighted by Crippen LogP contribution is -2.04. The summed E-state index contributed by atoms with van der Waals surface area (Å²) in [6.45, 7) is 6.60. The zero-order chi connectivity index (χ0) is 15.5. The van der Waals surface area contributed by atoms with Crippen LogP contribution in [0.1, 0.15) is 41.8 Å². The van der Waals surface area contributed by atoms with E-state index in [4.69, 9.17) is 4.98 Å². The number of pyridine rings is 1. The van der Waals surface area contributed by atoms with Crippen LogP contribution in [0.2, 0.25) is 0 Å². The number of aromatic nitrogens is 1. The van der Waals surface area contributed by atoms with E-state index in [1.54, 1.807) is 0 Å². The van der Waals surface area contributed by atoms with Crippen LogP contribution in [0.5, 0.6) is 0 Å². The molecule has 0 N–H and O–H groups in total. The molecule has 0 aliphatic heterocycles. The van der Waals surface area contributed by atoms with Gasteiger partial charge < -0.3 is 0 Å². The van der Waals surface area contributed by atoms with Crippen molar-refractivity contribution in [2.45, 2.75) is 40.0 Å². The number of hydrogen-bond donors (Lipinski definition) is 0. The predicted octanol–water partition coefficient (Wildman–Crippen LogP) is 5.26. The molecule has 1 aromatic heterocycles. The molecule has 0 aliphatic carbocycles. The predicted molar refractivity (Wildman–Crippen MR) is 94.5 cm³/mol. The summed E-state index contributed by atoms with van der Waals surface area (Å²) in [5.41, 5.74) is 7.95. The Morgan fingerprint density at radius 2 is 1.64 bits per heavy atom. The molecule has 2 aromatic carbocycles. The number of nitrogens with zero attached hydrogens (tertiary/aromatic N) is 1. The molecule has 0 amide bonds. The first-order valence-corrected chi connectivity index (χ1v) is 8.17. The van der Waals surface area contributed by atoms with Crippen LogP contribution in [0.25, 0.3) is 10.9 Å². The van der Waals surface area contributed by atoms with E-state index in [0.29, 0.717) is 0 Å². The highest BCUT2D eigenvalue weighted by molar-refractivity contribution is 5.85. The van der Waals surface area contributed by atoms with Crippen LogP contribution < -0.4 is 0 Å². The van der Waals surface area contributed by atoms with Crippen molar-refractivity contribution < 1.29 is 0 Å². The first kappa shape index (κ1) is 14.8. The standard InChI is InChI=1S/C21H23N/c1-4-17-18(14-16-9-7-6-8-10-16)19-13-15(3)11-12-21(19)22-20(17)5-2/h6-13H,4-5,14H2,1-3H3. The fourth-order valence-electron chi connectivity index (χ4n) is 3.25. The van der Waals surface area contributed by atoms with Crippen molar-refractivity contribution >= 4 is 10.9 Å². The lowest BCUT2D eigenvalue weighted by molar-refractivity contribution is 0.954. The Morgan fingerprint density at radius 3 is 2.32 bits per heavy atom. The summed E-state index contributed by atoms with van der Waals surface area (Å²) < 4.78 is 0. The van der Waals surface area contributed by atoms with Gasteiger partial charge in [-0.1, -0.05) is 55.8 Å². The van der Waals surface area contributed by atoms with E-state index in [1.165, 1.54) is 33.3 Å². The summed E-state index contributed by atoms with van der Waals surface area (Å²) in [6, 6.07) is 17.4. The van der Waals surface area contributed by atoms with Gasteiger partial charge in [0.05, 0.1) is 5.52 Å². The maximum atomic E-state index is 4.91. The van der Waals surface area contributed by atoms with Crippen LogP contribution in [0.15, 0.2) is 48.5 Å². The van der Waals surface area contributed by atoms with Crippen LogP contribution in [0.4, 0.5) is 0 Å². The monoisotopic (exact) mass is 289 g/mol. The zero-order valence-electron chi connectivity index (χ0n) is 13.7. The van der Waals surface area contributed by atoms with Crippen LogP contribution in [-0.2, 0) is 19.3 Å². The molecular formula is C21H23N. The molecule has 0 aliphatic rings. The summed E-state index contributed by atoms with van der Waals surface area (Å²) in [5, 5.41) is 1.32. The van der Waals surface area contributed by atoms with E-state index >= 15 is 0 Å². The molecule has 3 aromatic rings. The largest absolute Gasteiger partial charge is 0.253 e. The lowest BCUT2D eigenvalue weighted by Gasteiger charge is -2.16. The van der Waals surface area contributed by atoms with E-state index < -0.39 is 0 Å². The van der Waals surface area contributed by atoms with Gasteiger partial charge in [-0.2, -0.15) is 0 Å². The fourth-order valence-corrected chi connectivity index (χ4v) is 3.25. The highest BCUT2D eigenvalue weighted by atomic mass is 14.7. The summed E-state index contributed by atoms with van der Waals surface area (Å²) >= 11 is 0. The summed E-state index contributed by atoms with van der Waals surface area (Å²) in [5.74, 6) is 0. The van der Waals surface area contributed by atoms with Crippen LogP contribution in [0.3, 0.4) is 0 Å². The van der Waals surface area contributed by atoms with Gasteiger partial charge >= 0.3 is 0 Å². The number of benzene rings is 2. The van der Waals surface area contributed by atoms with Crippen molar-refractivity contribution in [2.75, 3.05) is 0 Å². The molecule has 112 valence electrons. The molecule has 0 spiro atoms. The summed E-state index contributed by atoms with van der Waals surface area (Å²) in [7, 11) is 0. The SMILES string of the molecule is CCc1nc2ccc(C)cc2c(Cc2ccccc2)c1CC. The Balaban J connectivity index is 2.25. The Bertz CT molecular complexity index is 788. The van der Waals surface area contributed by atoms with Crippen molar-refractivity contribution in [3.63, 3.8) is 0 Å². The third-order valence-corrected chi connectivity index (χ3v) is 4.36. The second kappa shape index (κ2) is 6.31. The Kier molecular flexibility index (Phi) is 4.24. The molecule has 0 saturated carbocycles. The molecule has 3 rings (SSSR count). The molecule has 0 saturated heterocycles. The third kappa shape index (κ3) is 2.76. The fraction of sp³-hybridized carbons (Fsp3) is 0.286. The molecule has 22 heavy (non-hydrogen) atoms. The second-order valence-corrected chi connectivity index (χ2v) is 5.91. The Morgan fingerprint density at radius 1 is 0.864 bits per heavy atom. The molecular weight excluding hydrogens is 266 g/mol. The minimum absolute atomic E-state index is 0.986. The molecule has 1 heteroatoms. The van der Waals surface area contributed by atoms with Crippen molar-refractivity contribution in [3.8, 4) is 0 Å². The van der Waals surface area contributed by atoms with Gasteiger partial charge in [-0.3, -0.25) is 4.98 Å². The van der Waals surface area contributed by atoms with Gasteiger partial charge in [-0.05, 0) is 55.0 Å². The topological polar surface area (TPSA) is 12.9 Å². The van der Waals surface area contributed by atoms with Gasteiger partial charge in [0.25, 0.3) is 0 Å². The van der Waals surface area contributed by atoms with E-state index in [1.807, 2.05) is 0 Å². The molecule has 0 unspecified atom stereocenters. The summed E-state index contributed by atoms with van der Waals surface area (Å²) in [4.78, 5) is 4.91. The van der Waals surface area contributed by atoms with Crippen molar-refractivity contribution in [2.24, 2.45) is 0 Å². The van der Waals surface area contributed by atoms with Gasteiger partial charge in [0.1, 0.15) is 0 Å². The van der Waals surface area contributed by atoms with Crippen LogP contribution >= 0.6 is 0 Å². The van der Waals surface area contributed by atoms with Crippen molar-refractivity contribution in [1.82, 2.24) is 4.98 Å². The molecule has 0 fully saturated rings. The average molecular weight is 289 g/mol. The minimum atomic E-state index is 0.986. The maximum Gasteiger partial charge on any atom is 0.0708 e. The van der Waals surface area contributed by atoms with E-state index in [9.17, 15) is 0 Å². The first-order chi connectivity index (χ1) is 10.7. The average Bonchev–Trinajstić information content (AvgIpc) is 2.55. The van der Waals surface area contributed by atoms with Crippen molar-refractivity contribution in [3.05, 3.63) is 76.5 Å². The summed E-state index contributed by atoms with van der Waals surface area (Å²) in [6.07, 6.45) is 3.02. The lowest BCUT2D eigenvalue weighted by atomic mass is 9.92. The maximum absolute atomic E-state index is 4.91. The number of aryl methyl sites for hydroxylation is 2. The second-order valence-electron chi connectivity index (χ2n) is 5.91. The minimum Gasteiger partial charge on any atom is -0.253 e. The molecule has 1 nitrogen and oxygen atoms in total. The molecule has 0 atom stereocenters. The van der Waals surface area contributed by atoms with E-state index in [2.05, 4.69) is 69.3 Å². The smallest absolute Gasteiger partial charge is 0.0708 e. The highest BCUT2D eigenvalue weighted by Crippen LogP contribution is 2.28.